The molecular formula is C25H28FN3O4. The highest BCUT2D eigenvalue weighted by Gasteiger charge is 2.35. The van der Waals surface area contributed by atoms with Gasteiger partial charge in [-0.05, 0) is 49.6 Å². The molecule has 8 heteroatoms. The van der Waals surface area contributed by atoms with Gasteiger partial charge in [-0.15, -0.1) is 0 Å². The van der Waals surface area contributed by atoms with Crippen LogP contribution in [0.1, 0.15) is 59.4 Å². The van der Waals surface area contributed by atoms with Crippen molar-refractivity contribution >= 4 is 23.6 Å². The molecule has 1 aliphatic rings. The molecule has 0 fully saturated rings. The van der Waals surface area contributed by atoms with Crippen molar-refractivity contribution in [3.63, 3.8) is 0 Å². The number of carbonyl (C=O) groups is 4. The third kappa shape index (κ3) is 5.63. The Labute approximate surface area is 192 Å². The largest absolute Gasteiger partial charge is 0.354 e. The van der Waals surface area contributed by atoms with Crippen molar-refractivity contribution in [2.45, 2.75) is 45.7 Å². The highest BCUT2D eigenvalue weighted by Crippen LogP contribution is 2.23. The second-order valence-electron chi connectivity index (χ2n) is 8.03. The average Bonchev–Trinajstić information content (AvgIpc) is 3.06. The molecule has 0 aromatic heterocycles. The molecule has 2 aromatic carbocycles. The monoisotopic (exact) mass is 453 g/mol. The summed E-state index contributed by atoms with van der Waals surface area (Å²) < 4.78 is 13.3. The number of imide groups is 1. The maximum atomic E-state index is 13.3. The van der Waals surface area contributed by atoms with Gasteiger partial charge in [-0.25, -0.2) is 4.39 Å². The molecule has 0 spiro atoms. The molecular weight excluding hydrogens is 425 g/mol. The van der Waals surface area contributed by atoms with E-state index in [4.69, 9.17) is 0 Å². The summed E-state index contributed by atoms with van der Waals surface area (Å²) in [6.07, 6.45) is 1.10. The number of carbonyl (C=O) groups excluding carboxylic acids is 4. The number of fused-ring (bicyclic) bond motifs is 1. The van der Waals surface area contributed by atoms with E-state index in [1.807, 2.05) is 6.92 Å². The van der Waals surface area contributed by atoms with Crippen molar-refractivity contribution in [3.05, 3.63) is 71.0 Å². The van der Waals surface area contributed by atoms with Gasteiger partial charge in [-0.1, -0.05) is 31.2 Å². The second kappa shape index (κ2) is 10.8. The fraction of sp³-hybridized carbons (Fsp3) is 0.360. The standard InChI is InChI=1S/C25H28FN3O4/c1-3-14-27-23(31)17(2)29(16-18-10-12-19(26)13-11-18)22(30)9-6-15-28-24(32)20-7-4-5-8-21(20)25(28)33/h4-5,7-8,10-13,17H,3,6,9,14-16H2,1-2H3,(H,27,31)/t17-/m0/s1. The van der Waals surface area contributed by atoms with E-state index in [2.05, 4.69) is 5.32 Å². The Bertz CT molecular complexity index is 1000. The zero-order valence-corrected chi connectivity index (χ0v) is 18.8. The van der Waals surface area contributed by atoms with Crippen molar-refractivity contribution in [3.8, 4) is 0 Å². The number of benzene rings is 2. The smallest absolute Gasteiger partial charge is 0.261 e. The van der Waals surface area contributed by atoms with Crippen LogP contribution in [0.15, 0.2) is 48.5 Å². The zero-order chi connectivity index (χ0) is 24.0. The van der Waals surface area contributed by atoms with Crippen molar-refractivity contribution in [2.24, 2.45) is 0 Å². The Morgan fingerprint density at radius 3 is 2.21 bits per heavy atom. The quantitative estimate of drug-likeness (QED) is 0.560. The van der Waals surface area contributed by atoms with E-state index in [9.17, 15) is 23.6 Å². The zero-order valence-electron chi connectivity index (χ0n) is 18.8. The van der Waals surface area contributed by atoms with E-state index in [0.29, 0.717) is 23.2 Å². The lowest BCUT2D eigenvalue weighted by molar-refractivity contribution is -0.140. The molecule has 1 N–H and O–H groups in total. The van der Waals surface area contributed by atoms with Crippen LogP contribution in [-0.2, 0) is 16.1 Å². The van der Waals surface area contributed by atoms with Crippen LogP contribution in [0, 0.1) is 5.82 Å². The SMILES string of the molecule is CCCNC(=O)[C@H](C)N(Cc1ccc(F)cc1)C(=O)CCCN1C(=O)c2ccccc2C1=O. The molecule has 0 bridgehead atoms. The second-order valence-corrected chi connectivity index (χ2v) is 8.03. The third-order valence-electron chi connectivity index (χ3n) is 5.63. The Kier molecular flexibility index (Phi) is 7.92. The predicted octanol–water partition coefficient (Wildman–Crippen LogP) is 3.15. The molecule has 3 rings (SSSR count). The first-order valence-electron chi connectivity index (χ1n) is 11.1. The van der Waals surface area contributed by atoms with Crippen LogP contribution in [0.25, 0.3) is 0 Å². The average molecular weight is 454 g/mol. The van der Waals surface area contributed by atoms with Gasteiger partial charge in [0, 0.05) is 26.1 Å². The van der Waals surface area contributed by atoms with Crippen molar-refractivity contribution in [1.29, 1.82) is 0 Å². The molecule has 0 saturated heterocycles. The van der Waals surface area contributed by atoms with Crippen LogP contribution in [0.3, 0.4) is 0 Å². The molecule has 7 nitrogen and oxygen atoms in total. The van der Waals surface area contributed by atoms with Gasteiger partial charge in [0.05, 0.1) is 11.1 Å². The summed E-state index contributed by atoms with van der Waals surface area (Å²) in [4.78, 5) is 53.2. The molecule has 2 aromatic rings. The molecule has 1 heterocycles. The highest BCUT2D eigenvalue weighted by molar-refractivity contribution is 6.21. The number of hydrogen-bond donors (Lipinski definition) is 1. The first-order chi connectivity index (χ1) is 15.8. The fourth-order valence-corrected chi connectivity index (χ4v) is 3.74. The molecule has 0 unspecified atom stereocenters. The van der Waals surface area contributed by atoms with Gasteiger partial charge in [0.15, 0.2) is 0 Å². The van der Waals surface area contributed by atoms with Gasteiger partial charge in [0.2, 0.25) is 11.8 Å². The van der Waals surface area contributed by atoms with Crippen LogP contribution in [0.2, 0.25) is 0 Å². The molecule has 1 aliphatic heterocycles. The normalized spacial score (nSPS) is 13.6. The summed E-state index contributed by atoms with van der Waals surface area (Å²) >= 11 is 0. The lowest BCUT2D eigenvalue weighted by Crippen LogP contribution is -2.47. The Hall–Kier alpha value is -3.55. The van der Waals surface area contributed by atoms with Gasteiger partial charge in [-0.3, -0.25) is 24.1 Å². The predicted molar refractivity (Wildman–Crippen MR) is 121 cm³/mol. The number of nitrogens with one attached hydrogen (secondary N) is 1. The molecule has 174 valence electrons. The summed E-state index contributed by atoms with van der Waals surface area (Å²) in [6.45, 7) is 4.34. The van der Waals surface area contributed by atoms with Gasteiger partial charge in [0.25, 0.3) is 11.8 Å². The fourth-order valence-electron chi connectivity index (χ4n) is 3.74. The highest BCUT2D eigenvalue weighted by atomic mass is 19.1. The Balaban J connectivity index is 1.65. The molecule has 0 aliphatic carbocycles. The summed E-state index contributed by atoms with van der Waals surface area (Å²) in [5, 5.41) is 2.79. The van der Waals surface area contributed by atoms with Crippen molar-refractivity contribution in [1.82, 2.24) is 15.1 Å². The topological polar surface area (TPSA) is 86.8 Å². The molecule has 33 heavy (non-hydrogen) atoms. The van der Waals surface area contributed by atoms with E-state index in [1.54, 1.807) is 43.3 Å². The summed E-state index contributed by atoms with van der Waals surface area (Å²) in [5.74, 6) is -1.66. The van der Waals surface area contributed by atoms with Gasteiger partial charge >= 0.3 is 0 Å². The minimum Gasteiger partial charge on any atom is -0.354 e. The number of nitrogens with zero attached hydrogens (tertiary/aromatic N) is 2. The van der Waals surface area contributed by atoms with E-state index in [1.165, 1.54) is 17.0 Å². The number of halogens is 1. The lowest BCUT2D eigenvalue weighted by atomic mass is 10.1. The van der Waals surface area contributed by atoms with Crippen LogP contribution in [0.4, 0.5) is 4.39 Å². The van der Waals surface area contributed by atoms with Gasteiger partial charge in [0.1, 0.15) is 11.9 Å². The number of rotatable bonds is 10. The Morgan fingerprint density at radius 1 is 1.03 bits per heavy atom. The van der Waals surface area contributed by atoms with Crippen molar-refractivity contribution < 1.29 is 23.6 Å². The van der Waals surface area contributed by atoms with Crippen LogP contribution < -0.4 is 5.32 Å². The minimum absolute atomic E-state index is 0.0556. The summed E-state index contributed by atoms with van der Waals surface area (Å²) in [6, 6.07) is 11.7. The summed E-state index contributed by atoms with van der Waals surface area (Å²) in [5.41, 5.74) is 1.43. The molecule has 1 atom stereocenters. The van der Waals surface area contributed by atoms with Crippen molar-refractivity contribution in [2.75, 3.05) is 13.1 Å². The van der Waals surface area contributed by atoms with E-state index in [-0.39, 0.29) is 55.4 Å². The van der Waals surface area contributed by atoms with E-state index >= 15 is 0 Å². The van der Waals surface area contributed by atoms with Crippen LogP contribution >= 0.6 is 0 Å². The first kappa shape index (κ1) is 24.1. The van der Waals surface area contributed by atoms with Crippen LogP contribution in [-0.4, -0.2) is 52.6 Å². The number of amides is 4. The molecule has 4 amide bonds. The van der Waals surface area contributed by atoms with Gasteiger partial charge < -0.3 is 10.2 Å². The maximum Gasteiger partial charge on any atom is 0.261 e. The third-order valence-corrected chi connectivity index (χ3v) is 5.63. The lowest BCUT2D eigenvalue weighted by Gasteiger charge is -2.29. The van der Waals surface area contributed by atoms with E-state index in [0.717, 1.165) is 11.3 Å². The van der Waals surface area contributed by atoms with Gasteiger partial charge in [-0.2, -0.15) is 0 Å². The van der Waals surface area contributed by atoms with E-state index < -0.39 is 6.04 Å². The minimum atomic E-state index is -0.728. The summed E-state index contributed by atoms with van der Waals surface area (Å²) in [7, 11) is 0. The first-order valence-corrected chi connectivity index (χ1v) is 11.1. The maximum absolute atomic E-state index is 13.3. The molecule has 0 saturated carbocycles. The number of hydrogen-bond acceptors (Lipinski definition) is 4. The van der Waals surface area contributed by atoms with Crippen LogP contribution in [0.5, 0.6) is 0 Å². The Morgan fingerprint density at radius 2 is 1.64 bits per heavy atom. The molecule has 0 radical (unpaired) electrons.